The van der Waals surface area contributed by atoms with Gasteiger partial charge in [0.1, 0.15) is 25.4 Å². The van der Waals surface area contributed by atoms with Gasteiger partial charge in [0.2, 0.25) is 0 Å². The lowest BCUT2D eigenvalue weighted by molar-refractivity contribution is -0.132. The van der Waals surface area contributed by atoms with Crippen LogP contribution in [-0.4, -0.2) is 57.5 Å². The number of fused-ring (bicyclic) bond motifs is 1. The number of carboxylic acids is 2. The lowest BCUT2D eigenvalue weighted by atomic mass is 10.2. The quantitative estimate of drug-likeness (QED) is 0.473. The van der Waals surface area contributed by atoms with Gasteiger partial charge in [-0.25, -0.2) is 14.6 Å². The molecule has 11 heteroatoms. The van der Waals surface area contributed by atoms with Gasteiger partial charge in [-0.15, -0.1) is 0 Å². The van der Waals surface area contributed by atoms with E-state index in [4.69, 9.17) is 10.2 Å². The molecule has 3 aliphatic heterocycles. The fourth-order valence-electron chi connectivity index (χ4n) is 1.80. The van der Waals surface area contributed by atoms with Gasteiger partial charge in [0.05, 0.1) is 5.57 Å². The maximum absolute atomic E-state index is 10.5. The summed E-state index contributed by atoms with van der Waals surface area (Å²) in [5.74, 6) is -1.16. The third-order valence-corrected chi connectivity index (χ3v) is 3.00. The molecule has 4 heterocycles. The van der Waals surface area contributed by atoms with Crippen LogP contribution < -0.4 is 16.2 Å². The minimum absolute atomic E-state index is 0.0810. The monoisotopic (exact) mass is 359 g/mol. The highest BCUT2D eigenvalue weighted by atomic mass is 16.4. The highest BCUT2D eigenvalue weighted by Crippen LogP contribution is 2.11. The van der Waals surface area contributed by atoms with Gasteiger partial charge >= 0.3 is 11.9 Å². The first-order valence-corrected chi connectivity index (χ1v) is 7.40. The van der Waals surface area contributed by atoms with Crippen molar-refractivity contribution in [2.75, 3.05) is 13.3 Å². The van der Waals surface area contributed by atoms with Crippen LogP contribution >= 0.6 is 0 Å². The van der Waals surface area contributed by atoms with Crippen molar-refractivity contribution in [2.45, 2.75) is 0 Å². The molecule has 0 atom stereocenters. The zero-order valence-corrected chi connectivity index (χ0v) is 13.5. The van der Waals surface area contributed by atoms with E-state index < -0.39 is 11.9 Å². The summed E-state index contributed by atoms with van der Waals surface area (Å²) < 4.78 is 0. The van der Waals surface area contributed by atoms with Gasteiger partial charge in [-0.1, -0.05) is 6.07 Å². The maximum Gasteiger partial charge on any atom is 0.354 e. The molecule has 26 heavy (non-hydrogen) atoms. The number of hydrogen-bond acceptors (Lipinski definition) is 9. The second kappa shape index (κ2) is 9.42. The standard InChI is InChI=1S/C7H7N3O2.C6H5NO2.C2H5N3/c11-7(12)5-1-2-6-9-8-4-10(6)3-5;8-6(9)5-3-1-2-4-7-5;1-3-2-5-4-1/h1-3,8H,4H2,(H,11,12);1-4H,(H,8,9);1,5H,2H2,(H,3,4). The molecule has 0 saturated heterocycles. The number of amidine groups is 1. The molecule has 0 amide bonds. The molecule has 0 spiro atoms. The highest BCUT2D eigenvalue weighted by molar-refractivity contribution is 6.01. The Labute approximate surface area is 148 Å². The molecule has 3 aliphatic rings. The second-order valence-corrected chi connectivity index (χ2v) is 4.80. The van der Waals surface area contributed by atoms with Gasteiger partial charge in [-0.3, -0.25) is 10.9 Å². The number of aromatic carboxylic acids is 1. The third kappa shape index (κ3) is 5.63. The van der Waals surface area contributed by atoms with E-state index in [1.165, 1.54) is 18.3 Å². The normalized spacial score (nSPS) is 15.5. The first kappa shape index (κ1) is 18.4. The van der Waals surface area contributed by atoms with Crippen LogP contribution in [0.2, 0.25) is 0 Å². The molecule has 4 rings (SSSR count). The molecule has 0 saturated carbocycles. The van der Waals surface area contributed by atoms with E-state index in [0.29, 0.717) is 6.67 Å². The lowest BCUT2D eigenvalue weighted by Crippen LogP contribution is -2.26. The Morgan fingerprint density at radius 3 is 2.46 bits per heavy atom. The van der Waals surface area contributed by atoms with E-state index in [2.05, 4.69) is 31.4 Å². The Balaban J connectivity index is 0.000000153. The van der Waals surface area contributed by atoms with Crippen LogP contribution in [0, 0.1) is 0 Å². The number of aliphatic carboxylic acids is 1. The molecular formula is C15H17N7O4. The number of hydrogen-bond donors (Lipinski definition) is 5. The lowest BCUT2D eigenvalue weighted by Gasteiger charge is -2.15. The molecule has 5 N–H and O–H groups in total. The summed E-state index contributed by atoms with van der Waals surface area (Å²) in [7, 11) is 0. The summed E-state index contributed by atoms with van der Waals surface area (Å²) in [6.07, 6.45) is 7.83. The van der Waals surface area contributed by atoms with Crippen LogP contribution in [0.1, 0.15) is 10.5 Å². The molecule has 11 nitrogen and oxygen atoms in total. The molecule has 136 valence electrons. The molecule has 0 fully saturated rings. The topological polar surface area (TPSA) is 152 Å². The zero-order chi connectivity index (χ0) is 18.8. The van der Waals surface area contributed by atoms with Gasteiger partial charge in [-0.05, 0) is 24.3 Å². The number of nitrogens with zero attached hydrogens (tertiary/aromatic N) is 4. The molecule has 0 unspecified atom stereocenters. The van der Waals surface area contributed by atoms with Crippen LogP contribution in [0.5, 0.6) is 0 Å². The van der Waals surface area contributed by atoms with Crippen molar-refractivity contribution in [2.24, 2.45) is 10.2 Å². The van der Waals surface area contributed by atoms with E-state index in [9.17, 15) is 9.59 Å². The van der Waals surface area contributed by atoms with Crippen molar-refractivity contribution < 1.29 is 19.8 Å². The molecule has 1 aromatic heterocycles. The van der Waals surface area contributed by atoms with E-state index in [1.807, 2.05) is 0 Å². The van der Waals surface area contributed by atoms with Crippen LogP contribution in [0.3, 0.4) is 0 Å². The van der Waals surface area contributed by atoms with Crippen LogP contribution in [0.4, 0.5) is 0 Å². The van der Waals surface area contributed by atoms with Crippen molar-refractivity contribution >= 4 is 24.1 Å². The number of hydrazone groups is 2. The average Bonchev–Trinajstić information content (AvgIpc) is 3.37. The number of rotatable bonds is 2. The second-order valence-electron chi connectivity index (χ2n) is 4.80. The van der Waals surface area contributed by atoms with Crippen molar-refractivity contribution in [3.63, 3.8) is 0 Å². The molecule has 0 aliphatic carbocycles. The van der Waals surface area contributed by atoms with Crippen LogP contribution in [0.15, 0.2) is 58.5 Å². The minimum atomic E-state index is -0.990. The first-order chi connectivity index (χ1) is 12.6. The van der Waals surface area contributed by atoms with E-state index in [1.54, 1.807) is 35.6 Å². The zero-order valence-electron chi connectivity index (χ0n) is 13.5. The van der Waals surface area contributed by atoms with Gasteiger partial charge in [0, 0.05) is 12.4 Å². The van der Waals surface area contributed by atoms with Gasteiger partial charge < -0.3 is 20.4 Å². The average molecular weight is 359 g/mol. The molecular weight excluding hydrogens is 342 g/mol. The first-order valence-electron chi connectivity index (χ1n) is 7.40. The summed E-state index contributed by atoms with van der Waals surface area (Å²) in [4.78, 5) is 26.0. The minimum Gasteiger partial charge on any atom is -0.478 e. The number of nitrogens with one attached hydrogen (secondary N) is 3. The fourth-order valence-corrected chi connectivity index (χ4v) is 1.80. The Morgan fingerprint density at radius 1 is 1.12 bits per heavy atom. The number of carboxylic acid groups (broad SMARTS) is 2. The van der Waals surface area contributed by atoms with Crippen molar-refractivity contribution in [3.05, 3.63) is 54.0 Å². The fraction of sp³-hybridized carbons (Fsp3) is 0.133. The van der Waals surface area contributed by atoms with E-state index >= 15 is 0 Å². The van der Waals surface area contributed by atoms with E-state index in [-0.39, 0.29) is 11.3 Å². The Hall–Kier alpha value is -3.89. The van der Waals surface area contributed by atoms with Crippen molar-refractivity contribution in [3.8, 4) is 0 Å². The smallest absolute Gasteiger partial charge is 0.354 e. The molecule has 1 aromatic rings. The van der Waals surface area contributed by atoms with E-state index in [0.717, 1.165) is 12.5 Å². The maximum atomic E-state index is 10.5. The number of aromatic nitrogens is 1. The van der Waals surface area contributed by atoms with Crippen LogP contribution in [-0.2, 0) is 4.79 Å². The number of carbonyl (C=O) groups is 2. The SMILES string of the molecule is C1=NNCN1.O=C(O)C1=CN2CNN=C2C=C1.O=C(O)c1ccccn1. The van der Waals surface area contributed by atoms with Crippen molar-refractivity contribution in [1.82, 2.24) is 26.1 Å². The largest absolute Gasteiger partial charge is 0.478 e. The predicted molar refractivity (Wildman–Crippen MR) is 93.0 cm³/mol. The highest BCUT2D eigenvalue weighted by Gasteiger charge is 2.18. The predicted octanol–water partition coefficient (Wildman–Crippen LogP) is -0.439. The van der Waals surface area contributed by atoms with Gasteiger partial charge in [0.25, 0.3) is 0 Å². The summed E-state index contributed by atoms with van der Waals surface area (Å²) in [6, 6.07) is 4.76. The summed E-state index contributed by atoms with van der Waals surface area (Å²) in [5.41, 5.74) is 5.79. The Morgan fingerprint density at radius 2 is 1.96 bits per heavy atom. The van der Waals surface area contributed by atoms with Crippen LogP contribution in [0.25, 0.3) is 0 Å². The Kier molecular flexibility index (Phi) is 6.68. The van der Waals surface area contributed by atoms with Gasteiger partial charge in [0.15, 0.2) is 5.84 Å². The summed E-state index contributed by atoms with van der Waals surface area (Å²) in [6.45, 7) is 1.32. The summed E-state index contributed by atoms with van der Waals surface area (Å²) >= 11 is 0. The third-order valence-electron chi connectivity index (χ3n) is 3.00. The Bertz CT molecular complexity index is 753. The molecule has 0 radical (unpaired) electrons. The summed E-state index contributed by atoms with van der Waals surface area (Å²) in [5, 5.41) is 27.3. The molecule has 0 bridgehead atoms. The van der Waals surface area contributed by atoms with Crippen molar-refractivity contribution in [1.29, 1.82) is 0 Å². The molecule has 0 aromatic carbocycles. The number of pyridine rings is 1. The van der Waals surface area contributed by atoms with Gasteiger partial charge in [-0.2, -0.15) is 10.2 Å².